The molecule has 0 spiro atoms. The lowest BCUT2D eigenvalue weighted by molar-refractivity contribution is -0.117. The molecule has 30 heavy (non-hydrogen) atoms. The van der Waals surface area contributed by atoms with E-state index in [0.717, 1.165) is 48.5 Å². The molecule has 4 rings (SSSR count). The Morgan fingerprint density at radius 3 is 2.90 bits per heavy atom. The van der Waals surface area contributed by atoms with Gasteiger partial charge in [-0.1, -0.05) is 6.07 Å². The molecule has 1 amide bonds. The summed E-state index contributed by atoms with van der Waals surface area (Å²) in [6.07, 6.45) is 4.04. The average Bonchev–Trinajstić information content (AvgIpc) is 3.48. The minimum Gasteiger partial charge on any atom is -0.454 e. The van der Waals surface area contributed by atoms with Gasteiger partial charge in [-0.15, -0.1) is 0 Å². The van der Waals surface area contributed by atoms with E-state index in [1.807, 2.05) is 44.2 Å². The van der Waals surface area contributed by atoms with Gasteiger partial charge in [0.05, 0.1) is 6.10 Å². The second-order valence-electron chi connectivity index (χ2n) is 7.61. The van der Waals surface area contributed by atoms with Crippen LogP contribution in [-0.4, -0.2) is 30.0 Å². The summed E-state index contributed by atoms with van der Waals surface area (Å²) in [4.78, 5) is 12.6. The number of aromatic nitrogens is 1. The van der Waals surface area contributed by atoms with Gasteiger partial charge in [-0.25, -0.2) is 0 Å². The fourth-order valence-corrected chi connectivity index (χ4v) is 3.88. The number of nitrogens with zero attached hydrogens (tertiary/aromatic N) is 2. The molecule has 1 N–H and O–H groups in total. The highest BCUT2D eigenvalue weighted by Crippen LogP contribution is 2.32. The SMILES string of the molecule is Cc1cc(/C=C(\C#N)C(=O)NCc2ccc3c(c2)OCO3)c(C)n1C[C@H]1CCCO1. The summed E-state index contributed by atoms with van der Waals surface area (Å²) in [7, 11) is 0. The molecule has 1 atom stereocenters. The van der Waals surface area contributed by atoms with E-state index in [1.54, 1.807) is 6.08 Å². The average molecular weight is 407 g/mol. The number of aryl methyl sites for hydroxylation is 1. The van der Waals surface area contributed by atoms with Crippen molar-refractivity contribution in [3.8, 4) is 17.6 Å². The van der Waals surface area contributed by atoms with Crippen molar-refractivity contribution in [2.45, 2.75) is 45.9 Å². The maximum atomic E-state index is 12.6. The molecule has 0 bridgehead atoms. The predicted octanol–water partition coefficient (Wildman–Crippen LogP) is 3.24. The number of hydrogen-bond donors (Lipinski definition) is 1. The van der Waals surface area contributed by atoms with Gasteiger partial charge in [-0.3, -0.25) is 4.79 Å². The van der Waals surface area contributed by atoms with Crippen molar-refractivity contribution in [2.75, 3.05) is 13.4 Å². The van der Waals surface area contributed by atoms with Crippen molar-refractivity contribution in [3.05, 3.63) is 52.4 Å². The minimum atomic E-state index is -0.404. The van der Waals surface area contributed by atoms with Gasteiger partial charge in [-0.05, 0) is 62.1 Å². The van der Waals surface area contributed by atoms with E-state index in [0.29, 0.717) is 18.0 Å². The third-order valence-electron chi connectivity index (χ3n) is 5.58. The zero-order chi connectivity index (χ0) is 21.1. The van der Waals surface area contributed by atoms with E-state index >= 15 is 0 Å². The fraction of sp³-hybridized carbons (Fsp3) is 0.391. The first kappa shape index (κ1) is 20.0. The molecule has 1 fully saturated rings. The predicted molar refractivity (Wildman–Crippen MR) is 111 cm³/mol. The maximum Gasteiger partial charge on any atom is 0.262 e. The van der Waals surface area contributed by atoms with Crippen LogP contribution in [0.25, 0.3) is 6.08 Å². The molecular formula is C23H25N3O4. The highest BCUT2D eigenvalue weighted by Gasteiger charge is 2.19. The molecule has 1 aromatic heterocycles. The van der Waals surface area contributed by atoms with Crippen molar-refractivity contribution in [1.82, 2.24) is 9.88 Å². The van der Waals surface area contributed by atoms with Crippen LogP contribution in [0, 0.1) is 25.2 Å². The summed E-state index contributed by atoms with van der Waals surface area (Å²) in [6, 6.07) is 9.54. The van der Waals surface area contributed by atoms with Crippen LogP contribution in [0.2, 0.25) is 0 Å². The van der Waals surface area contributed by atoms with Crippen molar-refractivity contribution < 1.29 is 19.0 Å². The number of benzene rings is 1. The van der Waals surface area contributed by atoms with Gasteiger partial charge in [0, 0.05) is 31.1 Å². The zero-order valence-corrected chi connectivity index (χ0v) is 17.2. The zero-order valence-electron chi connectivity index (χ0n) is 17.2. The van der Waals surface area contributed by atoms with Gasteiger partial charge < -0.3 is 24.1 Å². The van der Waals surface area contributed by atoms with Gasteiger partial charge in [0.15, 0.2) is 11.5 Å². The lowest BCUT2D eigenvalue weighted by Gasteiger charge is -2.14. The smallest absolute Gasteiger partial charge is 0.262 e. The van der Waals surface area contributed by atoms with Crippen molar-refractivity contribution in [1.29, 1.82) is 5.26 Å². The number of nitrogens with one attached hydrogen (secondary N) is 1. The standard InChI is InChI=1S/C23H25N3O4/c1-15-8-18(16(2)26(15)13-20-4-3-7-28-20)10-19(11-24)23(27)25-12-17-5-6-21-22(9-17)30-14-29-21/h5-6,8-10,20H,3-4,7,12-14H2,1-2H3,(H,25,27)/b19-10+/t20-/m1/s1. The highest BCUT2D eigenvalue weighted by atomic mass is 16.7. The number of fused-ring (bicyclic) bond motifs is 1. The molecule has 2 aliphatic heterocycles. The van der Waals surface area contributed by atoms with Crippen LogP contribution in [0.3, 0.4) is 0 Å². The maximum absolute atomic E-state index is 12.6. The molecule has 7 nitrogen and oxygen atoms in total. The molecule has 2 aromatic rings. The van der Waals surface area contributed by atoms with Gasteiger partial charge in [0.2, 0.25) is 6.79 Å². The highest BCUT2D eigenvalue weighted by molar-refractivity contribution is 6.01. The van der Waals surface area contributed by atoms with Crippen LogP contribution in [0.15, 0.2) is 29.8 Å². The summed E-state index contributed by atoms with van der Waals surface area (Å²) in [5.74, 6) is 0.955. The molecule has 0 saturated carbocycles. The van der Waals surface area contributed by atoms with E-state index in [2.05, 4.69) is 9.88 Å². The minimum absolute atomic E-state index is 0.0770. The lowest BCUT2D eigenvalue weighted by Crippen LogP contribution is -2.24. The number of rotatable bonds is 6. The van der Waals surface area contributed by atoms with Crippen LogP contribution in [0.4, 0.5) is 0 Å². The van der Waals surface area contributed by atoms with Crippen molar-refractivity contribution in [3.63, 3.8) is 0 Å². The summed E-state index contributed by atoms with van der Waals surface area (Å²) in [5, 5.41) is 12.3. The summed E-state index contributed by atoms with van der Waals surface area (Å²) in [5.41, 5.74) is 3.94. The van der Waals surface area contributed by atoms with Crippen LogP contribution in [-0.2, 0) is 22.6 Å². The third-order valence-corrected chi connectivity index (χ3v) is 5.58. The molecule has 0 unspecified atom stereocenters. The number of carbonyl (C=O) groups excluding carboxylic acids is 1. The lowest BCUT2D eigenvalue weighted by atomic mass is 10.1. The molecule has 3 heterocycles. The van der Waals surface area contributed by atoms with E-state index in [9.17, 15) is 10.1 Å². The number of ether oxygens (including phenoxy) is 3. The quantitative estimate of drug-likeness (QED) is 0.587. The largest absolute Gasteiger partial charge is 0.454 e. The Balaban J connectivity index is 1.45. The van der Waals surface area contributed by atoms with Crippen LogP contribution < -0.4 is 14.8 Å². The Morgan fingerprint density at radius 1 is 1.30 bits per heavy atom. The van der Waals surface area contributed by atoms with Crippen molar-refractivity contribution >= 4 is 12.0 Å². The summed E-state index contributed by atoms with van der Waals surface area (Å²) < 4.78 is 18.6. The molecule has 1 aromatic carbocycles. The van der Waals surface area contributed by atoms with E-state index in [4.69, 9.17) is 14.2 Å². The molecule has 0 radical (unpaired) electrons. The molecular weight excluding hydrogens is 382 g/mol. The second kappa shape index (κ2) is 8.64. The summed E-state index contributed by atoms with van der Waals surface area (Å²) in [6.45, 7) is 6.16. The monoisotopic (exact) mass is 407 g/mol. The van der Waals surface area contributed by atoms with E-state index in [1.165, 1.54) is 0 Å². The number of nitriles is 1. The molecule has 2 aliphatic rings. The molecule has 156 valence electrons. The van der Waals surface area contributed by atoms with Gasteiger partial charge in [-0.2, -0.15) is 5.26 Å². The Hall–Kier alpha value is -3.24. The van der Waals surface area contributed by atoms with Gasteiger partial charge >= 0.3 is 0 Å². The molecule has 1 saturated heterocycles. The Bertz CT molecular complexity index is 1030. The second-order valence-corrected chi connectivity index (χ2v) is 7.61. The first-order valence-corrected chi connectivity index (χ1v) is 10.1. The van der Waals surface area contributed by atoms with Crippen LogP contribution >= 0.6 is 0 Å². The van der Waals surface area contributed by atoms with Crippen molar-refractivity contribution in [2.24, 2.45) is 0 Å². The Labute approximate surface area is 175 Å². The normalized spacial score (nSPS) is 17.8. The topological polar surface area (TPSA) is 85.5 Å². The number of carbonyl (C=O) groups is 1. The number of amides is 1. The van der Waals surface area contributed by atoms with E-state index < -0.39 is 5.91 Å². The fourth-order valence-electron chi connectivity index (χ4n) is 3.88. The van der Waals surface area contributed by atoms with Gasteiger partial charge in [0.25, 0.3) is 5.91 Å². The number of hydrogen-bond acceptors (Lipinski definition) is 5. The Morgan fingerprint density at radius 2 is 2.13 bits per heavy atom. The molecule has 0 aliphatic carbocycles. The molecule has 7 heteroatoms. The third kappa shape index (κ3) is 4.19. The van der Waals surface area contributed by atoms with E-state index in [-0.39, 0.29) is 18.5 Å². The van der Waals surface area contributed by atoms with Gasteiger partial charge in [0.1, 0.15) is 11.6 Å². The summed E-state index contributed by atoms with van der Waals surface area (Å²) >= 11 is 0. The first-order chi connectivity index (χ1) is 14.5. The van der Waals surface area contributed by atoms with Crippen LogP contribution in [0.5, 0.6) is 11.5 Å². The first-order valence-electron chi connectivity index (χ1n) is 10.1. The van der Waals surface area contributed by atoms with Crippen LogP contribution in [0.1, 0.15) is 35.4 Å². The Kier molecular flexibility index (Phi) is 5.77.